The summed E-state index contributed by atoms with van der Waals surface area (Å²) < 4.78 is 5.29. The van der Waals surface area contributed by atoms with Gasteiger partial charge in [0.2, 0.25) is 5.91 Å². The molecule has 1 saturated heterocycles. The third-order valence-electron chi connectivity index (χ3n) is 4.18. The highest BCUT2D eigenvalue weighted by molar-refractivity contribution is 7.15. The van der Waals surface area contributed by atoms with Crippen LogP contribution in [0, 0.1) is 19.8 Å². The second kappa shape index (κ2) is 6.81. The number of amides is 1. The largest absolute Gasteiger partial charge is 0.381 e. The van der Waals surface area contributed by atoms with E-state index in [2.05, 4.69) is 41.5 Å². The molecule has 0 radical (unpaired) electrons. The number of benzene rings is 1. The molecule has 0 aliphatic carbocycles. The van der Waals surface area contributed by atoms with Crippen LogP contribution in [0.25, 0.3) is 10.6 Å². The molecule has 4 nitrogen and oxygen atoms in total. The lowest BCUT2D eigenvalue weighted by atomic mass is 10.1. The Morgan fingerprint density at radius 1 is 1.35 bits per heavy atom. The van der Waals surface area contributed by atoms with Crippen molar-refractivity contribution in [2.75, 3.05) is 13.2 Å². The van der Waals surface area contributed by atoms with Crippen molar-refractivity contribution < 1.29 is 9.53 Å². The molecule has 2 heterocycles. The highest BCUT2D eigenvalue weighted by atomic mass is 32.1. The summed E-state index contributed by atoms with van der Waals surface area (Å²) in [6.45, 7) is 7.32. The van der Waals surface area contributed by atoms with E-state index in [1.54, 1.807) is 11.3 Å². The first kappa shape index (κ1) is 16.1. The average molecular weight is 330 g/mol. The molecular formula is C18H22N2O2S. The average Bonchev–Trinajstić information content (AvgIpc) is 3.17. The summed E-state index contributed by atoms with van der Waals surface area (Å²) in [5, 5.41) is 4.11. The van der Waals surface area contributed by atoms with Crippen LogP contribution >= 0.6 is 11.3 Å². The second-order valence-corrected chi connectivity index (χ2v) is 7.16. The first-order valence-corrected chi connectivity index (χ1v) is 8.78. The van der Waals surface area contributed by atoms with Crippen LogP contribution in [-0.2, 0) is 9.53 Å². The summed E-state index contributed by atoms with van der Waals surface area (Å²) in [6, 6.07) is 8.35. The predicted octanol–water partition coefficient (Wildman–Crippen LogP) is 3.64. The highest BCUT2D eigenvalue weighted by Gasteiger charge is 2.26. The maximum Gasteiger partial charge on any atom is 0.226 e. The molecule has 0 saturated carbocycles. The fraction of sp³-hybridized carbons (Fsp3) is 0.444. The van der Waals surface area contributed by atoms with Crippen molar-refractivity contribution in [2.24, 2.45) is 5.92 Å². The van der Waals surface area contributed by atoms with E-state index in [1.165, 1.54) is 5.56 Å². The molecule has 1 fully saturated rings. The van der Waals surface area contributed by atoms with Gasteiger partial charge in [-0.3, -0.25) is 4.79 Å². The third kappa shape index (κ3) is 3.62. The normalized spacial score (nSPS) is 18.8. The van der Waals surface area contributed by atoms with Gasteiger partial charge in [-0.25, -0.2) is 4.98 Å². The summed E-state index contributed by atoms with van der Waals surface area (Å²) in [6.07, 6.45) is 0.814. The number of carbonyl (C=O) groups excluding carboxylic acids is 1. The summed E-state index contributed by atoms with van der Waals surface area (Å²) >= 11 is 1.65. The predicted molar refractivity (Wildman–Crippen MR) is 92.5 cm³/mol. The Morgan fingerprint density at radius 3 is 2.74 bits per heavy atom. The number of aryl methyl sites for hydroxylation is 2. The van der Waals surface area contributed by atoms with E-state index >= 15 is 0 Å². The van der Waals surface area contributed by atoms with Crippen LogP contribution in [0.3, 0.4) is 0 Å². The van der Waals surface area contributed by atoms with Crippen molar-refractivity contribution >= 4 is 17.2 Å². The Bertz CT molecular complexity index is 688. The van der Waals surface area contributed by atoms with E-state index in [0.717, 1.165) is 27.6 Å². The first-order chi connectivity index (χ1) is 11.0. The van der Waals surface area contributed by atoms with E-state index < -0.39 is 0 Å². The van der Waals surface area contributed by atoms with Crippen LogP contribution in [0.2, 0.25) is 0 Å². The molecule has 1 amide bonds. The molecule has 0 bridgehead atoms. The van der Waals surface area contributed by atoms with Gasteiger partial charge in [0.25, 0.3) is 0 Å². The minimum absolute atomic E-state index is 0.0118. The third-order valence-corrected chi connectivity index (χ3v) is 5.57. The van der Waals surface area contributed by atoms with Gasteiger partial charge in [-0.15, -0.1) is 11.3 Å². The summed E-state index contributed by atoms with van der Waals surface area (Å²) in [5.41, 5.74) is 3.35. The number of hydrogen-bond donors (Lipinski definition) is 1. The van der Waals surface area contributed by atoms with Crippen molar-refractivity contribution in [3.05, 3.63) is 40.4 Å². The number of rotatable bonds is 4. The lowest BCUT2D eigenvalue weighted by Gasteiger charge is -2.15. The highest BCUT2D eigenvalue weighted by Crippen LogP contribution is 2.32. The molecule has 1 aliphatic heterocycles. The lowest BCUT2D eigenvalue weighted by molar-refractivity contribution is -0.125. The van der Waals surface area contributed by atoms with E-state index in [9.17, 15) is 4.79 Å². The Hall–Kier alpha value is -1.72. The van der Waals surface area contributed by atoms with E-state index in [4.69, 9.17) is 4.74 Å². The van der Waals surface area contributed by atoms with Gasteiger partial charge in [-0.2, -0.15) is 0 Å². The molecule has 0 unspecified atom stereocenters. The molecule has 0 spiro atoms. The van der Waals surface area contributed by atoms with Gasteiger partial charge in [0, 0.05) is 12.2 Å². The van der Waals surface area contributed by atoms with Gasteiger partial charge < -0.3 is 10.1 Å². The molecule has 2 aromatic rings. The van der Waals surface area contributed by atoms with Crippen molar-refractivity contribution in [2.45, 2.75) is 33.2 Å². The number of nitrogens with zero attached hydrogens (tertiary/aromatic N) is 1. The quantitative estimate of drug-likeness (QED) is 0.931. The number of aromatic nitrogens is 1. The van der Waals surface area contributed by atoms with Gasteiger partial charge in [0.15, 0.2) is 0 Å². The fourth-order valence-electron chi connectivity index (χ4n) is 2.77. The number of thiazole rings is 1. The minimum Gasteiger partial charge on any atom is -0.381 e. The molecule has 3 rings (SSSR count). The zero-order valence-corrected chi connectivity index (χ0v) is 14.6. The minimum atomic E-state index is -0.0280. The monoisotopic (exact) mass is 330 g/mol. The van der Waals surface area contributed by atoms with Crippen LogP contribution < -0.4 is 5.32 Å². The SMILES string of the molecule is Cc1ccc(-c2nc(C)c([C@H](C)NC(=O)[C@@H]3CCOC3)s2)cc1. The van der Waals surface area contributed by atoms with Gasteiger partial charge in [0.05, 0.1) is 29.1 Å². The molecule has 1 aromatic carbocycles. The second-order valence-electron chi connectivity index (χ2n) is 6.13. The van der Waals surface area contributed by atoms with Crippen molar-refractivity contribution in [3.8, 4) is 10.6 Å². The van der Waals surface area contributed by atoms with Crippen molar-refractivity contribution in [3.63, 3.8) is 0 Å². The van der Waals surface area contributed by atoms with E-state index in [1.807, 2.05) is 13.8 Å². The van der Waals surface area contributed by atoms with Gasteiger partial charge >= 0.3 is 0 Å². The fourth-order valence-corrected chi connectivity index (χ4v) is 3.84. The maximum atomic E-state index is 12.2. The Kier molecular flexibility index (Phi) is 4.78. The number of hydrogen-bond acceptors (Lipinski definition) is 4. The van der Waals surface area contributed by atoms with Crippen molar-refractivity contribution in [1.82, 2.24) is 10.3 Å². The molecule has 5 heteroatoms. The smallest absolute Gasteiger partial charge is 0.226 e. The van der Waals surface area contributed by atoms with Crippen molar-refractivity contribution in [1.29, 1.82) is 0 Å². The summed E-state index contributed by atoms with van der Waals surface area (Å²) in [4.78, 5) is 18.0. The van der Waals surface area contributed by atoms with E-state index in [0.29, 0.717) is 13.2 Å². The molecule has 23 heavy (non-hydrogen) atoms. The lowest BCUT2D eigenvalue weighted by Crippen LogP contribution is -2.32. The van der Waals surface area contributed by atoms with E-state index in [-0.39, 0.29) is 17.9 Å². The van der Waals surface area contributed by atoms with Gasteiger partial charge in [-0.1, -0.05) is 29.8 Å². The number of ether oxygens (including phenoxy) is 1. The summed E-state index contributed by atoms with van der Waals surface area (Å²) in [5.74, 6) is 0.0712. The summed E-state index contributed by atoms with van der Waals surface area (Å²) in [7, 11) is 0. The van der Waals surface area contributed by atoms with Crippen LogP contribution in [0.5, 0.6) is 0 Å². The molecule has 122 valence electrons. The molecule has 1 aliphatic rings. The van der Waals surface area contributed by atoms with Crippen LogP contribution in [0.1, 0.15) is 35.5 Å². The van der Waals surface area contributed by atoms with Crippen LogP contribution in [0.4, 0.5) is 0 Å². The van der Waals surface area contributed by atoms with Gasteiger partial charge in [-0.05, 0) is 27.2 Å². The molecular weight excluding hydrogens is 308 g/mol. The Labute approximate surface area is 140 Å². The molecule has 1 aromatic heterocycles. The van der Waals surface area contributed by atoms with Gasteiger partial charge in [0.1, 0.15) is 5.01 Å². The zero-order valence-electron chi connectivity index (χ0n) is 13.8. The topological polar surface area (TPSA) is 51.2 Å². The molecule has 2 atom stereocenters. The zero-order chi connectivity index (χ0) is 16.4. The number of nitrogens with one attached hydrogen (secondary N) is 1. The maximum absolute atomic E-state index is 12.2. The number of carbonyl (C=O) groups is 1. The first-order valence-electron chi connectivity index (χ1n) is 7.97. The van der Waals surface area contributed by atoms with Crippen LogP contribution in [0.15, 0.2) is 24.3 Å². The standard InChI is InChI=1S/C18H22N2O2S/c1-11-4-6-14(7-5-11)18-20-13(3)16(23-18)12(2)19-17(21)15-8-9-22-10-15/h4-7,12,15H,8-10H2,1-3H3,(H,19,21)/t12-,15+/m0/s1. The molecule has 1 N–H and O–H groups in total. The Morgan fingerprint density at radius 2 is 2.09 bits per heavy atom. The van der Waals surface area contributed by atoms with Crippen LogP contribution in [-0.4, -0.2) is 24.1 Å². The Balaban J connectivity index is 1.74.